The van der Waals surface area contributed by atoms with Crippen molar-refractivity contribution in [3.8, 4) is 0 Å². The largest absolute Gasteiger partial charge is 0.291 e. The van der Waals surface area contributed by atoms with E-state index in [1.807, 2.05) is 13.8 Å². The Hall–Kier alpha value is -0.120. The van der Waals surface area contributed by atoms with Crippen LogP contribution in [0.4, 0.5) is 0 Å². The predicted octanol–water partition coefficient (Wildman–Crippen LogP) is -0.168. The Bertz CT molecular complexity index is 40.7. The Kier molecular flexibility index (Phi) is 3.98. The molecule has 0 heterocycles. The maximum atomic E-state index is 4.80. The molecule has 0 radical (unpaired) electrons. The zero-order chi connectivity index (χ0) is 5.70. The van der Waals surface area contributed by atoms with Crippen LogP contribution in [-0.4, -0.2) is 12.8 Å². The van der Waals surface area contributed by atoms with E-state index in [4.69, 9.17) is 5.90 Å². The minimum Gasteiger partial charge on any atom is -0.291 e. The molecule has 0 bridgehead atoms. The van der Waals surface area contributed by atoms with Gasteiger partial charge < -0.3 is 0 Å². The molecule has 0 rings (SSSR count). The first-order chi connectivity index (χ1) is 3.31. The first-order valence-corrected chi connectivity index (χ1v) is 2.40. The van der Waals surface area contributed by atoms with Gasteiger partial charge in [-0.25, -0.2) is 5.90 Å². The van der Waals surface area contributed by atoms with Crippen LogP contribution >= 0.6 is 0 Å². The van der Waals surface area contributed by atoms with Crippen molar-refractivity contribution >= 4 is 0 Å². The van der Waals surface area contributed by atoms with Crippen LogP contribution in [0.15, 0.2) is 0 Å². The Morgan fingerprint density at radius 2 is 2.43 bits per heavy atom. The van der Waals surface area contributed by atoms with Crippen molar-refractivity contribution in [3.63, 3.8) is 0 Å². The second-order valence-corrected chi connectivity index (χ2v) is 1.34. The molecule has 0 fully saturated rings. The van der Waals surface area contributed by atoms with Crippen molar-refractivity contribution in [1.29, 1.82) is 0 Å². The number of rotatable bonds is 3. The van der Waals surface area contributed by atoms with E-state index in [9.17, 15) is 0 Å². The molecule has 0 aliphatic heterocycles. The lowest BCUT2D eigenvalue weighted by Gasteiger charge is -2.06. The molecule has 44 valence electrons. The highest BCUT2D eigenvalue weighted by Crippen LogP contribution is 1.73. The average molecular weight is 104 g/mol. The lowest BCUT2D eigenvalue weighted by molar-refractivity contribution is 0.0439. The molecular weight excluding hydrogens is 92.1 g/mol. The fraction of sp³-hybridized carbons (Fsp3) is 1.00. The molecule has 0 amide bonds. The van der Waals surface area contributed by atoms with Gasteiger partial charge in [-0.15, -0.1) is 0 Å². The zero-order valence-electron chi connectivity index (χ0n) is 4.77. The molecule has 0 aliphatic carbocycles. The molecule has 0 aromatic carbocycles. The normalized spacial score (nSPS) is 14.1. The Labute approximate surface area is 43.8 Å². The van der Waals surface area contributed by atoms with Gasteiger partial charge >= 0.3 is 0 Å². The van der Waals surface area contributed by atoms with Crippen molar-refractivity contribution in [2.45, 2.75) is 20.1 Å². The van der Waals surface area contributed by atoms with Crippen LogP contribution in [0.25, 0.3) is 0 Å². The van der Waals surface area contributed by atoms with Crippen LogP contribution < -0.4 is 11.2 Å². The summed E-state index contributed by atoms with van der Waals surface area (Å²) in [5, 5.41) is 2.95. The van der Waals surface area contributed by atoms with Crippen LogP contribution in [0.2, 0.25) is 0 Å². The van der Waals surface area contributed by atoms with Gasteiger partial charge in [-0.3, -0.25) is 10.2 Å². The molecule has 7 heavy (non-hydrogen) atoms. The zero-order valence-corrected chi connectivity index (χ0v) is 4.77. The quantitative estimate of drug-likeness (QED) is 0.386. The fourth-order valence-electron chi connectivity index (χ4n) is 0.336. The maximum Gasteiger partial charge on any atom is 0.126 e. The summed E-state index contributed by atoms with van der Waals surface area (Å²) in [7, 11) is 0. The Morgan fingerprint density at radius 3 is 2.57 bits per heavy atom. The number of nitrogens with one attached hydrogen (secondary N) is 1. The summed E-state index contributed by atoms with van der Waals surface area (Å²) < 4.78 is 0. The summed E-state index contributed by atoms with van der Waals surface area (Å²) in [4.78, 5) is 4.38. The van der Waals surface area contributed by atoms with Crippen molar-refractivity contribution < 1.29 is 4.84 Å². The number of hydrogen-bond acceptors (Lipinski definition) is 3. The first-order valence-electron chi connectivity index (χ1n) is 2.40. The maximum absolute atomic E-state index is 4.80. The van der Waals surface area contributed by atoms with Gasteiger partial charge in [0.25, 0.3) is 0 Å². The molecule has 3 heteroatoms. The number of nitrogens with two attached hydrogens (primary N) is 1. The Balaban J connectivity index is 2.83. The summed E-state index contributed by atoms with van der Waals surface area (Å²) in [6, 6.07) is 0. The lowest BCUT2D eigenvalue weighted by Crippen LogP contribution is -2.30. The van der Waals surface area contributed by atoms with Crippen molar-refractivity contribution in [2.75, 3.05) is 6.54 Å². The van der Waals surface area contributed by atoms with E-state index in [1.54, 1.807) is 0 Å². The van der Waals surface area contributed by atoms with Crippen LogP contribution in [0.5, 0.6) is 0 Å². The van der Waals surface area contributed by atoms with Gasteiger partial charge in [0, 0.05) is 0 Å². The molecular formula is C4H12N2O. The minimum absolute atomic E-state index is 0.0231. The van der Waals surface area contributed by atoms with E-state index in [-0.39, 0.29) is 6.23 Å². The summed E-state index contributed by atoms with van der Waals surface area (Å²) in [6.07, 6.45) is -0.0231. The summed E-state index contributed by atoms with van der Waals surface area (Å²) in [5.74, 6) is 4.80. The van der Waals surface area contributed by atoms with E-state index in [2.05, 4.69) is 10.2 Å². The van der Waals surface area contributed by atoms with Gasteiger partial charge in [-0.05, 0) is 13.5 Å². The predicted molar refractivity (Wildman–Crippen MR) is 28.4 cm³/mol. The molecule has 0 aliphatic rings. The first kappa shape index (κ1) is 6.88. The highest BCUT2D eigenvalue weighted by atomic mass is 16.6. The van der Waals surface area contributed by atoms with Crippen LogP contribution in [0.3, 0.4) is 0 Å². The summed E-state index contributed by atoms with van der Waals surface area (Å²) in [6.45, 7) is 4.73. The van der Waals surface area contributed by atoms with Gasteiger partial charge in [0.15, 0.2) is 0 Å². The topological polar surface area (TPSA) is 47.3 Å². The molecule has 1 unspecified atom stereocenters. The van der Waals surface area contributed by atoms with E-state index in [0.29, 0.717) is 0 Å². The summed E-state index contributed by atoms with van der Waals surface area (Å²) in [5.41, 5.74) is 0. The van der Waals surface area contributed by atoms with Gasteiger partial charge in [-0.1, -0.05) is 6.92 Å². The van der Waals surface area contributed by atoms with Gasteiger partial charge in [0.05, 0.1) is 0 Å². The third-order valence-electron chi connectivity index (χ3n) is 0.696. The van der Waals surface area contributed by atoms with Crippen LogP contribution in [0.1, 0.15) is 13.8 Å². The molecule has 3 nitrogen and oxygen atoms in total. The highest BCUT2D eigenvalue weighted by molar-refractivity contribution is 4.39. The molecule has 0 saturated heterocycles. The highest BCUT2D eigenvalue weighted by Gasteiger charge is 1.91. The van der Waals surface area contributed by atoms with E-state index in [0.717, 1.165) is 6.54 Å². The molecule has 1 atom stereocenters. The molecule has 0 aromatic rings. The van der Waals surface area contributed by atoms with Crippen molar-refractivity contribution in [3.05, 3.63) is 0 Å². The van der Waals surface area contributed by atoms with Gasteiger partial charge in [-0.2, -0.15) is 0 Å². The monoisotopic (exact) mass is 104 g/mol. The van der Waals surface area contributed by atoms with E-state index >= 15 is 0 Å². The van der Waals surface area contributed by atoms with Crippen molar-refractivity contribution in [2.24, 2.45) is 5.90 Å². The Morgan fingerprint density at radius 1 is 1.86 bits per heavy atom. The minimum atomic E-state index is -0.0231. The molecule has 0 saturated carbocycles. The number of hydrogen-bond donors (Lipinski definition) is 2. The SMILES string of the molecule is CCNC(C)ON. The standard InChI is InChI=1S/C4H12N2O/c1-3-6-4(2)7-5/h4,6H,3,5H2,1-2H3. The average Bonchev–Trinajstić information content (AvgIpc) is 1.68. The van der Waals surface area contributed by atoms with Crippen molar-refractivity contribution in [1.82, 2.24) is 5.32 Å². The smallest absolute Gasteiger partial charge is 0.126 e. The second kappa shape index (κ2) is 4.05. The third-order valence-corrected chi connectivity index (χ3v) is 0.696. The molecule has 0 aromatic heterocycles. The van der Waals surface area contributed by atoms with E-state index < -0.39 is 0 Å². The van der Waals surface area contributed by atoms with Gasteiger partial charge in [0.1, 0.15) is 6.23 Å². The van der Waals surface area contributed by atoms with Crippen LogP contribution in [0, 0.1) is 0 Å². The second-order valence-electron chi connectivity index (χ2n) is 1.34. The third kappa shape index (κ3) is 3.72. The van der Waals surface area contributed by atoms with E-state index in [1.165, 1.54) is 0 Å². The molecule has 0 spiro atoms. The fourth-order valence-corrected chi connectivity index (χ4v) is 0.336. The summed E-state index contributed by atoms with van der Waals surface area (Å²) >= 11 is 0. The van der Waals surface area contributed by atoms with Gasteiger partial charge in [0.2, 0.25) is 0 Å². The molecule has 3 N–H and O–H groups in total. The van der Waals surface area contributed by atoms with Crippen LogP contribution in [-0.2, 0) is 4.84 Å². The lowest BCUT2D eigenvalue weighted by atomic mass is 10.6.